The largest absolute Gasteiger partial charge is 0.444 e. The van der Waals surface area contributed by atoms with Crippen LogP contribution in [0.5, 0.6) is 0 Å². The van der Waals surface area contributed by atoms with Crippen molar-refractivity contribution in [2.45, 2.75) is 32.5 Å². The molecule has 124 valence electrons. The highest BCUT2D eigenvalue weighted by atomic mass is 19.4. The molecule has 0 atom stereocenters. The predicted octanol–water partition coefficient (Wildman–Crippen LogP) is 3.78. The number of nitrogens with one attached hydrogen (secondary N) is 2. The smallest absolute Gasteiger partial charge is 0.416 e. The molecule has 8 heteroatoms. The third kappa shape index (κ3) is 6.19. The van der Waals surface area contributed by atoms with Gasteiger partial charge in [-0.1, -0.05) is 0 Å². The van der Waals surface area contributed by atoms with E-state index in [0.717, 1.165) is 6.07 Å². The number of anilines is 1. The zero-order valence-corrected chi connectivity index (χ0v) is 12.5. The zero-order valence-electron chi connectivity index (χ0n) is 12.5. The SMILES string of the molecule is CC(C)(C)OC(=O)NCCNc1cc(C(F)(F)F)ccc1F. The van der Waals surface area contributed by atoms with Gasteiger partial charge in [0.25, 0.3) is 0 Å². The summed E-state index contributed by atoms with van der Waals surface area (Å²) in [5.74, 6) is -0.801. The Kier molecular flexibility index (Phi) is 5.62. The molecule has 2 N–H and O–H groups in total. The minimum absolute atomic E-state index is 0.0530. The molecule has 0 heterocycles. The Hall–Kier alpha value is -1.99. The number of hydrogen-bond acceptors (Lipinski definition) is 3. The van der Waals surface area contributed by atoms with Gasteiger partial charge in [-0.2, -0.15) is 13.2 Å². The molecular formula is C14H18F4N2O2. The van der Waals surface area contributed by atoms with Gasteiger partial charge in [-0.3, -0.25) is 0 Å². The Bertz CT molecular complexity index is 525. The van der Waals surface area contributed by atoms with Crippen LogP contribution in [0.15, 0.2) is 18.2 Å². The summed E-state index contributed by atoms with van der Waals surface area (Å²) in [6.45, 7) is 5.22. The number of carbonyl (C=O) groups excluding carboxylic acids is 1. The minimum Gasteiger partial charge on any atom is -0.444 e. The van der Waals surface area contributed by atoms with E-state index in [2.05, 4.69) is 10.6 Å². The fourth-order valence-corrected chi connectivity index (χ4v) is 1.51. The lowest BCUT2D eigenvalue weighted by molar-refractivity contribution is -0.137. The van der Waals surface area contributed by atoms with Crippen LogP contribution in [0.2, 0.25) is 0 Å². The second kappa shape index (κ2) is 6.85. The lowest BCUT2D eigenvalue weighted by atomic mass is 10.2. The topological polar surface area (TPSA) is 50.4 Å². The fraction of sp³-hybridized carbons (Fsp3) is 0.500. The highest BCUT2D eigenvalue weighted by molar-refractivity contribution is 5.67. The van der Waals surface area contributed by atoms with Crippen molar-refractivity contribution in [3.63, 3.8) is 0 Å². The molecule has 0 spiro atoms. The van der Waals surface area contributed by atoms with Gasteiger partial charge in [-0.25, -0.2) is 9.18 Å². The summed E-state index contributed by atoms with van der Waals surface area (Å²) < 4.78 is 56.0. The number of carbonyl (C=O) groups is 1. The highest BCUT2D eigenvalue weighted by Gasteiger charge is 2.31. The summed E-state index contributed by atoms with van der Waals surface area (Å²) in [6.07, 6.45) is -5.20. The zero-order chi connectivity index (χ0) is 17.0. The first-order valence-corrected chi connectivity index (χ1v) is 6.56. The quantitative estimate of drug-likeness (QED) is 0.655. The first kappa shape index (κ1) is 18.1. The standard InChI is InChI=1S/C14H18F4N2O2/c1-13(2,3)22-12(21)20-7-6-19-11-8-9(14(16,17)18)4-5-10(11)15/h4-5,8,19H,6-7H2,1-3H3,(H,20,21). The van der Waals surface area contributed by atoms with Gasteiger partial charge in [0.15, 0.2) is 0 Å². The molecule has 0 saturated carbocycles. The lowest BCUT2D eigenvalue weighted by Crippen LogP contribution is -2.35. The number of halogens is 4. The monoisotopic (exact) mass is 322 g/mol. The second-order valence-electron chi connectivity index (χ2n) is 5.55. The number of rotatable bonds is 4. The molecule has 0 aliphatic rings. The maximum absolute atomic E-state index is 13.4. The van der Waals surface area contributed by atoms with Crippen LogP contribution in [-0.2, 0) is 10.9 Å². The highest BCUT2D eigenvalue weighted by Crippen LogP contribution is 2.31. The normalized spacial score (nSPS) is 12.0. The number of ether oxygens (including phenoxy) is 1. The third-order valence-electron chi connectivity index (χ3n) is 2.40. The van der Waals surface area contributed by atoms with Crippen molar-refractivity contribution >= 4 is 11.8 Å². The number of alkyl halides is 3. The number of alkyl carbamates (subject to hydrolysis) is 1. The van der Waals surface area contributed by atoms with E-state index in [1.807, 2.05) is 0 Å². The van der Waals surface area contributed by atoms with Crippen molar-refractivity contribution in [3.8, 4) is 0 Å². The second-order valence-corrected chi connectivity index (χ2v) is 5.55. The maximum atomic E-state index is 13.4. The molecule has 4 nitrogen and oxygen atoms in total. The van der Waals surface area contributed by atoms with Crippen LogP contribution in [0.4, 0.5) is 28.0 Å². The molecule has 0 aliphatic heterocycles. The van der Waals surface area contributed by atoms with Gasteiger partial charge in [-0.05, 0) is 39.0 Å². The summed E-state index contributed by atoms with van der Waals surface area (Å²) in [6, 6.07) is 2.09. The average molecular weight is 322 g/mol. The molecule has 0 aliphatic carbocycles. The van der Waals surface area contributed by atoms with Crippen LogP contribution in [0.3, 0.4) is 0 Å². The van der Waals surface area contributed by atoms with Crippen molar-refractivity contribution in [2.75, 3.05) is 18.4 Å². The molecule has 1 aromatic rings. The first-order chi connectivity index (χ1) is 9.99. The van der Waals surface area contributed by atoms with Crippen molar-refractivity contribution < 1.29 is 27.1 Å². The van der Waals surface area contributed by atoms with Gasteiger partial charge in [0.05, 0.1) is 11.3 Å². The molecule has 1 aromatic carbocycles. The van der Waals surface area contributed by atoms with E-state index in [1.165, 1.54) is 0 Å². The summed E-state index contributed by atoms with van der Waals surface area (Å²) in [5, 5.41) is 4.90. The van der Waals surface area contributed by atoms with Crippen LogP contribution in [-0.4, -0.2) is 24.8 Å². The molecule has 0 radical (unpaired) electrons. The van der Waals surface area contributed by atoms with E-state index in [4.69, 9.17) is 4.74 Å². The molecule has 22 heavy (non-hydrogen) atoms. The summed E-state index contributed by atoms with van der Waals surface area (Å²) in [7, 11) is 0. The minimum atomic E-state index is -4.54. The van der Waals surface area contributed by atoms with E-state index in [9.17, 15) is 22.4 Å². The van der Waals surface area contributed by atoms with Crippen LogP contribution in [0, 0.1) is 5.82 Å². The van der Waals surface area contributed by atoms with Gasteiger partial charge in [0, 0.05) is 13.1 Å². The molecule has 0 unspecified atom stereocenters. The van der Waals surface area contributed by atoms with Crippen LogP contribution in [0.25, 0.3) is 0 Å². The van der Waals surface area contributed by atoms with Crippen LogP contribution < -0.4 is 10.6 Å². The van der Waals surface area contributed by atoms with E-state index < -0.39 is 29.3 Å². The molecule has 0 bridgehead atoms. The molecule has 0 saturated heterocycles. The Balaban J connectivity index is 2.50. The molecule has 0 aromatic heterocycles. The molecular weight excluding hydrogens is 304 g/mol. The van der Waals surface area contributed by atoms with Gasteiger partial charge < -0.3 is 15.4 Å². The predicted molar refractivity (Wildman–Crippen MR) is 74.1 cm³/mol. The number of benzene rings is 1. The van der Waals surface area contributed by atoms with Gasteiger partial charge in [0.1, 0.15) is 11.4 Å². The molecule has 1 amide bonds. The Morgan fingerprint density at radius 3 is 2.36 bits per heavy atom. The lowest BCUT2D eigenvalue weighted by Gasteiger charge is -2.19. The van der Waals surface area contributed by atoms with Crippen molar-refractivity contribution in [1.82, 2.24) is 5.32 Å². The summed E-state index contributed by atoms with van der Waals surface area (Å²) in [5.41, 5.74) is -1.87. The number of hydrogen-bond donors (Lipinski definition) is 2. The van der Waals surface area contributed by atoms with Crippen LogP contribution in [0.1, 0.15) is 26.3 Å². The Morgan fingerprint density at radius 2 is 1.82 bits per heavy atom. The maximum Gasteiger partial charge on any atom is 0.416 e. The van der Waals surface area contributed by atoms with Gasteiger partial charge >= 0.3 is 12.3 Å². The van der Waals surface area contributed by atoms with Crippen molar-refractivity contribution in [3.05, 3.63) is 29.6 Å². The average Bonchev–Trinajstić information content (AvgIpc) is 2.33. The molecule has 0 fully saturated rings. The van der Waals surface area contributed by atoms with Gasteiger partial charge in [-0.15, -0.1) is 0 Å². The first-order valence-electron chi connectivity index (χ1n) is 6.56. The fourth-order valence-electron chi connectivity index (χ4n) is 1.51. The Labute approximate surface area is 125 Å². The van der Waals surface area contributed by atoms with Crippen LogP contribution >= 0.6 is 0 Å². The van der Waals surface area contributed by atoms with Gasteiger partial charge in [0.2, 0.25) is 0 Å². The Morgan fingerprint density at radius 1 is 1.18 bits per heavy atom. The van der Waals surface area contributed by atoms with Crippen molar-refractivity contribution in [1.29, 1.82) is 0 Å². The van der Waals surface area contributed by atoms with E-state index in [0.29, 0.717) is 12.1 Å². The van der Waals surface area contributed by atoms with E-state index in [1.54, 1.807) is 20.8 Å². The third-order valence-corrected chi connectivity index (χ3v) is 2.40. The molecule has 1 rings (SSSR count). The number of amides is 1. The summed E-state index contributed by atoms with van der Waals surface area (Å²) in [4.78, 5) is 11.3. The van der Waals surface area contributed by atoms with E-state index in [-0.39, 0.29) is 18.8 Å². The summed E-state index contributed by atoms with van der Waals surface area (Å²) >= 11 is 0. The van der Waals surface area contributed by atoms with E-state index >= 15 is 0 Å². The van der Waals surface area contributed by atoms with Crippen molar-refractivity contribution in [2.24, 2.45) is 0 Å².